The van der Waals surface area contributed by atoms with Gasteiger partial charge in [-0.25, -0.2) is 9.98 Å². The Morgan fingerprint density at radius 3 is 1.68 bits per heavy atom. The zero-order valence-corrected chi connectivity index (χ0v) is 34.4. The molecule has 12 rings (SSSR count). The van der Waals surface area contributed by atoms with E-state index in [2.05, 4.69) is 182 Å². The van der Waals surface area contributed by atoms with Gasteiger partial charge in [0.05, 0.1) is 12.0 Å². The van der Waals surface area contributed by atoms with Crippen molar-refractivity contribution in [2.24, 2.45) is 15.0 Å². The standard InChI is InChI=1S/C59H39N3O/c1-60-58(62-57(61-37-38-15-4-2-5-16-38)41-29-27-40(28-30-41)39-17-6-3-7-18-39)47-22-14-26-55-56(47)49-36-43(32-34-54(49)63-55)42-31-33-53-48(35-42)46-21-10-13-25-52(46)59(53)50-23-11-8-19-44(50)45-20-9-12-24-51(45)59/h2-36H,1,37H2. The molecule has 4 heteroatoms. The summed E-state index contributed by atoms with van der Waals surface area (Å²) in [5.41, 5.74) is 19.0. The minimum absolute atomic E-state index is 0.377. The first-order chi connectivity index (χ1) is 31.2. The number of benzene rings is 9. The Morgan fingerprint density at radius 2 is 1.00 bits per heavy atom. The summed E-state index contributed by atoms with van der Waals surface area (Å²) in [7, 11) is 0. The Morgan fingerprint density at radius 1 is 0.444 bits per heavy atom. The fourth-order valence-electron chi connectivity index (χ4n) is 10.1. The van der Waals surface area contributed by atoms with Crippen molar-refractivity contribution in [2.45, 2.75) is 12.0 Å². The second-order valence-corrected chi connectivity index (χ2v) is 16.3. The van der Waals surface area contributed by atoms with E-state index in [1.54, 1.807) is 0 Å². The summed E-state index contributed by atoms with van der Waals surface area (Å²) in [5, 5.41) is 1.92. The van der Waals surface area contributed by atoms with Crippen molar-refractivity contribution in [1.29, 1.82) is 0 Å². The van der Waals surface area contributed by atoms with E-state index in [0.717, 1.165) is 60.9 Å². The minimum atomic E-state index is -0.377. The van der Waals surface area contributed by atoms with Crippen molar-refractivity contribution < 1.29 is 4.42 Å². The van der Waals surface area contributed by atoms with Gasteiger partial charge in [0.1, 0.15) is 11.2 Å². The molecule has 2 aliphatic carbocycles. The van der Waals surface area contributed by atoms with Crippen LogP contribution in [0.25, 0.3) is 66.4 Å². The van der Waals surface area contributed by atoms with Crippen molar-refractivity contribution in [3.05, 3.63) is 251 Å². The van der Waals surface area contributed by atoms with Crippen molar-refractivity contribution >= 4 is 40.3 Å². The number of hydrogen-bond acceptors (Lipinski definition) is 2. The molecule has 1 heterocycles. The normalized spacial score (nSPS) is 13.5. The number of rotatable bonds is 6. The molecule has 1 spiro atoms. The first kappa shape index (κ1) is 36.6. The Bertz CT molecular complexity index is 3440. The number of aliphatic imine (C=N–C) groups is 3. The second kappa shape index (κ2) is 14.8. The summed E-state index contributed by atoms with van der Waals surface area (Å²) in [6.45, 7) is 4.51. The zero-order valence-electron chi connectivity index (χ0n) is 34.4. The molecule has 63 heavy (non-hydrogen) atoms. The summed E-state index contributed by atoms with van der Waals surface area (Å²) in [5.74, 6) is 1.05. The highest BCUT2D eigenvalue weighted by molar-refractivity contribution is 6.22. The maximum absolute atomic E-state index is 6.53. The quantitative estimate of drug-likeness (QED) is 0.122. The molecule has 0 saturated heterocycles. The van der Waals surface area contributed by atoms with E-state index in [-0.39, 0.29) is 5.41 Å². The molecular formula is C59H39N3O. The van der Waals surface area contributed by atoms with E-state index in [9.17, 15) is 0 Å². The molecule has 2 aliphatic rings. The molecule has 0 radical (unpaired) electrons. The maximum atomic E-state index is 6.53. The molecule has 0 N–H and O–H groups in total. The number of amidine groups is 2. The molecule has 0 bridgehead atoms. The second-order valence-electron chi connectivity index (χ2n) is 16.3. The van der Waals surface area contributed by atoms with Crippen LogP contribution in [0, 0.1) is 0 Å². The van der Waals surface area contributed by atoms with E-state index in [1.165, 1.54) is 44.5 Å². The first-order valence-electron chi connectivity index (χ1n) is 21.4. The molecule has 296 valence electrons. The van der Waals surface area contributed by atoms with Crippen LogP contribution >= 0.6 is 0 Å². The lowest BCUT2D eigenvalue weighted by molar-refractivity contribution is 0.669. The van der Waals surface area contributed by atoms with E-state index in [0.29, 0.717) is 18.2 Å². The Balaban J connectivity index is 0.979. The molecule has 9 aromatic carbocycles. The van der Waals surface area contributed by atoms with Crippen molar-refractivity contribution in [3.63, 3.8) is 0 Å². The van der Waals surface area contributed by atoms with Crippen LogP contribution < -0.4 is 0 Å². The summed E-state index contributed by atoms with van der Waals surface area (Å²) >= 11 is 0. The van der Waals surface area contributed by atoms with Gasteiger partial charge in [-0.2, -0.15) is 0 Å². The van der Waals surface area contributed by atoms with Crippen LogP contribution in [0.2, 0.25) is 0 Å². The van der Waals surface area contributed by atoms with E-state index in [1.807, 2.05) is 42.5 Å². The summed E-state index contributed by atoms with van der Waals surface area (Å²) in [4.78, 5) is 14.8. The van der Waals surface area contributed by atoms with Gasteiger partial charge >= 0.3 is 0 Å². The fraction of sp³-hybridized carbons (Fsp3) is 0.0339. The van der Waals surface area contributed by atoms with Gasteiger partial charge in [0.15, 0.2) is 11.7 Å². The van der Waals surface area contributed by atoms with Gasteiger partial charge in [0.2, 0.25) is 0 Å². The monoisotopic (exact) mass is 805 g/mol. The third-order valence-electron chi connectivity index (χ3n) is 12.9. The maximum Gasteiger partial charge on any atom is 0.161 e. The Labute approximate surface area is 365 Å². The molecule has 0 amide bonds. The van der Waals surface area contributed by atoms with Crippen LogP contribution in [0.5, 0.6) is 0 Å². The number of nitrogens with zero attached hydrogens (tertiary/aromatic N) is 3. The molecule has 0 saturated carbocycles. The Hall–Kier alpha value is -8.21. The van der Waals surface area contributed by atoms with Crippen molar-refractivity contribution in [2.75, 3.05) is 0 Å². The number of fused-ring (bicyclic) bond motifs is 13. The summed E-state index contributed by atoms with van der Waals surface area (Å²) in [6.07, 6.45) is 0. The SMILES string of the molecule is C=NC(=NC(=NCc1ccccc1)c1ccc(-c2ccccc2)cc1)c1cccc2oc3ccc(-c4ccc5c(c4)-c4ccccc4C54c5ccccc5-c5ccccc54)cc3c12. The highest BCUT2D eigenvalue weighted by Crippen LogP contribution is 2.63. The minimum Gasteiger partial charge on any atom is -0.456 e. The molecule has 0 atom stereocenters. The van der Waals surface area contributed by atoms with Gasteiger partial charge in [-0.3, -0.25) is 4.99 Å². The van der Waals surface area contributed by atoms with Gasteiger partial charge in [-0.15, -0.1) is 0 Å². The van der Waals surface area contributed by atoms with Crippen LogP contribution in [-0.4, -0.2) is 18.4 Å². The van der Waals surface area contributed by atoms with Crippen molar-refractivity contribution in [3.8, 4) is 44.5 Å². The predicted molar refractivity (Wildman–Crippen MR) is 260 cm³/mol. The van der Waals surface area contributed by atoms with Gasteiger partial charge in [-0.05, 0) is 103 Å². The third kappa shape index (κ3) is 5.79. The van der Waals surface area contributed by atoms with Crippen molar-refractivity contribution in [1.82, 2.24) is 0 Å². The molecule has 4 nitrogen and oxygen atoms in total. The molecule has 0 unspecified atom stereocenters. The van der Waals surface area contributed by atoms with Gasteiger partial charge in [-0.1, -0.05) is 188 Å². The van der Waals surface area contributed by atoms with E-state index >= 15 is 0 Å². The average Bonchev–Trinajstić information content (AvgIpc) is 3.98. The molecule has 1 aromatic heterocycles. The molecule has 0 fully saturated rings. The lowest BCUT2D eigenvalue weighted by Gasteiger charge is -2.30. The van der Waals surface area contributed by atoms with Crippen LogP contribution in [0.15, 0.2) is 232 Å². The van der Waals surface area contributed by atoms with Crippen LogP contribution in [0.1, 0.15) is 38.9 Å². The van der Waals surface area contributed by atoms with Gasteiger partial charge < -0.3 is 4.42 Å². The highest BCUT2D eigenvalue weighted by atomic mass is 16.3. The number of hydrogen-bond donors (Lipinski definition) is 0. The molecular weight excluding hydrogens is 767 g/mol. The summed E-state index contributed by atoms with van der Waals surface area (Å²) in [6, 6.07) is 75.4. The van der Waals surface area contributed by atoms with Gasteiger partial charge in [0.25, 0.3) is 0 Å². The third-order valence-corrected chi connectivity index (χ3v) is 12.9. The summed E-state index contributed by atoms with van der Waals surface area (Å²) < 4.78 is 6.53. The smallest absolute Gasteiger partial charge is 0.161 e. The highest BCUT2D eigenvalue weighted by Gasteiger charge is 2.51. The zero-order chi connectivity index (χ0) is 41.9. The lowest BCUT2D eigenvalue weighted by Crippen LogP contribution is -2.25. The predicted octanol–water partition coefficient (Wildman–Crippen LogP) is 14.4. The molecule has 10 aromatic rings. The lowest BCUT2D eigenvalue weighted by atomic mass is 9.70. The topological polar surface area (TPSA) is 50.2 Å². The van der Waals surface area contributed by atoms with Crippen LogP contribution in [0.4, 0.5) is 0 Å². The van der Waals surface area contributed by atoms with E-state index < -0.39 is 0 Å². The average molecular weight is 806 g/mol. The molecule has 0 aliphatic heterocycles. The first-order valence-corrected chi connectivity index (χ1v) is 21.4. The fourth-order valence-corrected chi connectivity index (χ4v) is 10.1. The van der Waals surface area contributed by atoms with Gasteiger partial charge in [0, 0.05) is 21.9 Å². The van der Waals surface area contributed by atoms with Crippen LogP contribution in [0.3, 0.4) is 0 Å². The van der Waals surface area contributed by atoms with Crippen LogP contribution in [-0.2, 0) is 12.0 Å². The Kier molecular flexibility index (Phi) is 8.58. The number of furan rings is 1. The largest absolute Gasteiger partial charge is 0.456 e. The van der Waals surface area contributed by atoms with E-state index in [4.69, 9.17) is 14.4 Å².